The summed E-state index contributed by atoms with van der Waals surface area (Å²) >= 11 is 0. The Morgan fingerprint density at radius 3 is 2.57 bits per heavy atom. The maximum atomic E-state index is 12.5. The summed E-state index contributed by atoms with van der Waals surface area (Å²) in [6.45, 7) is 9.27. The van der Waals surface area contributed by atoms with Crippen LogP contribution >= 0.6 is 0 Å². The monoisotopic (exact) mass is 381 g/mol. The van der Waals surface area contributed by atoms with E-state index in [0.717, 1.165) is 18.0 Å². The zero-order chi connectivity index (χ0) is 20.1. The van der Waals surface area contributed by atoms with Crippen molar-refractivity contribution in [3.8, 4) is 5.75 Å². The highest BCUT2D eigenvalue weighted by atomic mass is 16.5. The number of aromatic nitrogens is 2. The van der Waals surface area contributed by atoms with E-state index in [0.29, 0.717) is 11.7 Å². The number of ether oxygens (including phenoxy) is 1. The van der Waals surface area contributed by atoms with Gasteiger partial charge in [0.2, 0.25) is 0 Å². The van der Waals surface area contributed by atoms with E-state index in [4.69, 9.17) is 9.15 Å². The summed E-state index contributed by atoms with van der Waals surface area (Å²) in [5, 5.41) is 7.18. The first-order valence-corrected chi connectivity index (χ1v) is 9.62. The molecule has 0 saturated heterocycles. The molecule has 2 heterocycles. The lowest BCUT2D eigenvalue weighted by molar-refractivity contribution is 0.0906. The average Bonchev–Trinajstić information content (AvgIpc) is 3.36. The van der Waals surface area contributed by atoms with Gasteiger partial charge in [0.05, 0.1) is 11.7 Å². The second-order valence-corrected chi connectivity index (χ2v) is 7.05. The van der Waals surface area contributed by atoms with Gasteiger partial charge < -0.3 is 14.5 Å². The SMILES string of the molecule is CCn1nccc1C(C)NC(=O)c1ccc(COc2ccc(C(C)C)cc2)o1. The van der Waals surface area contributed by atoms with Crippen LogP contribution in [0.3, 0.4) is 0 Å². The smallest absolute Gasteiger partial charge is 0.287 e. The van der Waals surface area contributed by atoms with Crippen LogP contribution in [-0.4, -0.2) is 15.7 Å². The number of aryl methyl sites for hydroxylation is 1. The Balaban J connectivity index is 1.56. The molecule has 3 rings (SSSR count). The Morgan fingerprint density at radius 2 is 1.89 bits per heavy atom. The molecule has 0 aliphatic rings. The molecular formula is C22H27N3O3. The van der Waals surface area contributed by atoms with Gasteiger partial charge >= 0.3 is 0 Å². The van der Waals surface area contributed by atoms with Gasteiger partial charge in [0.25, 0.3) is 5.91 Å². The number of carbonyl (C=O) groups excluding carboxylic acids is 1. The quantitative estimate of drug-likeness (QED) is 0.615. The highest BCUT2D eigenvalue weighted by molar-refractivity contribution is 5.91. The van der Waals surface area contributed by atoms with Crippen LogP contribution in [0.5, 0.6) is 5.75 Å². The fourth-order valence-electron chi connectivity index (χ4n) is 3.00. The first-order valence-electron chi connectivity index (χ1n) is 9.62. The number of carbonyl (C=O) groups is 1. The molecule has 0 radical (unpaired) electrons. The number of nitrogens with zero attached hydrogens (tertiary/aromatic N) is 2. The van der Waals surface area contributed by atoms with Crippen molar-refractivity contribution in [1.29, 1.82) is 0 Å². The molecule has 0 fully saturated rings. The van der Waals surface area contributed by atoms with Crippen LogP contribution in [0, 0.1) is 0 Å². The Hall–Kier alpha value is -3.02. The molecule has 6 nitrogen and oxygen atoms in total. The van der Waals surface area contributed by atoms with E-state index >= 15 is 0 Å². The Labute approximate surface area is 165 Å². The summed E-state index contributed by atoms with van der Waals surface area (Å²) in [5.74, 6) is 1.86. The van der Waals surface area contributed by atoms with Crippen molar-refractivity contribution in [3.05, 3.63) is 71.4 Å². The third kappa shape index (κ3) is 4.63. The second kappa shape index (κ2) is 8.78. The molecule has 2 aromatic heterocycles. The molecule has 6 heteroatoms. The number of rotatable bonds is 8. The van der Waals surface area contributed by atoms with Gasteiger partial charge in [-0.05, 0) is 55.7 Å². The highest BCUT2D eigenvalue weighted by Gasteiger charge is 2.17. The normalized spacial score (nSPS) is 12.2. The number of hydrogen-bond acceptors (Lipinski definition) is 4. The third-order valence-electron chi connectivity index (χ3n) is 4.65. The standard InChI is InChI=1S/C22H27N3O3/c1-5-25-20(12-13-23-25)16(4)24-22(26)21-11-10-19(28-21)14-27-18-8-6-17(7-9-18)15(2)3/h6-13,15-16H,5,14H2,1-4H3,(H,24,26). The predicted octanol–water partition coefficient (Wildman–Crippen LogP) is 4.69. The van der Waals surface area contributed by atoms with Gasteiger partial charge in [-0.25, -0.2) is 0 Å². The van der Waals surface area contributed by atoms with Gasteiger partial charge in [-0.3, -0.25) is 9.48 Å². The summed E-state index contributed by atoms with van der Waals surface area (Å²) in [6, 6.07) is 13.2. The first kappa shape index (κ1) is 19.7. The lowest BCUT2D eigenvalue weighted by Crippen LogP contribution is -2.28. The van der Waals surface area contributed by atoms with Gasteiger partial charge in [0, 0.05) is 12.7 Å². The van der Waals surface area contributed by atoms with Crippen LogP contribution < -0.4 is 10.1 Å². The van der Waals surface area contributed by atoms with Crippen molar-refractivity contribution in [2.45, 2.75) is 52.8 Å². The molecule has 1 atom stereocenters. The van der Waals surface area contributed by atoms with Crippen molar-refractivity contribution in [3.63, 3.8) is 0 Å². The van der Waals surface area contributed by atoms with E-state index in [9.17, 15) is 4.79 Å². The molecule has 1 aromatic carbocycles. The number of furan rings is 1. The molecular weight excluding hydrogens is 354 g/mol. The van der Waals surface area contributed by atoms with E-state index in [1.807, 2.05) is 36.7 Å². The Kier molecular flexibility index (Phi) is 6.19. The largest absolute Gasteiger partial charge is 0.486 e. The lowest BCUT2D eigenvalue weighted by atomic mass is 10.0. The molecule has 0 aliphatic heterocycles. The average molecular weight is 381 g/mol. The Bertz CT molecular complexity index is 909. The van der Waals surface area contributed by atoms with Crippen molar-refractivity contribution in [2.24, 2.45) is 0 Å². The van der Waals surface area contributed by atoms with Crippen molar-refractivity contribution in [2.75, 3.05) is 0 Å². The summed E-state index contributed by atoms with van der Waals surface area (Å²) in [7, 11) is 0. The van der Waals surface area contributed by atoms with Gasteiger partial charge in [-0.2, -0.15) is 5.10 Å². The predicted molar refractivity (Wildman–Crippen MR) is 107 cm³/mol. The van der Waals surface area contributed by atoms with Crippen molar-refractivity contribution < 1.29 is 13.9 Å². The molecule has 28 heavy (non-hydrogen) atoms. The van der Waals surface area contributed by atoms with Crippen LogP contribution in [0.25, 0.3) is 0 Å². The fourth-order valence-corrected chi connectivity index (χ4v) is 3.00. The van der Waals surface area contributed by atoms with Gasteiger partial charge in [0.1, 0.15) is 18.1 Å². The van der Waals surface area contributed by atoms with E-state index in [-0.39, 0.29) is 24.3 Å². The maximum absolute atomic E-state index is 12.5. The highest BCUT2D eigenvalue weighted by Crippen LogP contribution is 2.20. The fraction of sp³-hybridized carbons (Fsp3) is 0.364. The van der Waals surface area contributed by atoms with E-state index in [1.165, 1.54) is 5.56 Å². The number of hydrogen-bond donors (Lipinski definition) is 1. The van der Waals surface area contributed by atoms with Crippen molar-refractivity contribution >= 4 is 5.91 Å². The van der Waals surface area contributed by atoms with Crippen LogP contribution in [0.1, 0.15) is 67.2 Å². The van der Waals surface area contributed by atoms with E-state index in [2.05, 4.69) is 36.4 Å². The number of benzene rings is 1. The van der Waals surface area contributed by atoms with Crippen LogP contribution in [0.4, 0.5) is 0 Å². The number of amides is 1. The molecule has 1 amide bonds. The summed E-state index contributed by atoms with van der Waals surface area (Å²) in [5.41, 5.74) is 2.22. The number of nitrogens with one attached hydrogen (secondary N) is 1. The molecule has 0 spiro atoms. The molecule has 1 N–H and O–H groups in total. The minimum absolute atomic E-state index is 0.167. The van der Waals surface area contributed by atoms with Gasteiger partial charge in [-0.15, -0.1) is 0 Å². The van der Waals surface area contributed by atoms with Gasteiger partial charge in [0.15, 0.2) is 5.76 Å². The van der Waals surface area contributed by atoms with Crippen LogP contribution in [-0.2, 0) is 13.2 Å². The lowest BCUT2D eigenvalue weighted by Gasteiger charge is -2.14. The Morgan fingerprint density at radius 1 is 1.14 bits per heavy atom. The maximum Gasteiger partial charge on any atom is 0.287 e. The topological polar surface area (TPSA) is 69.3 Å². The summed E-state index contributed by atoms with van der Waals surface area (Å²) in [4.78, 5) is 12.5. The minimum Gasteiger partial charge on any atom is -0.486 e. The summed E-state index contributed by atoms with van der Waals surface area (Å²) in [6.07, 6.45) is 1.73. The van der Waals surface area contributed by atoms with E-state index < -0.39 is 0 Å². The zero-order valence-corrected chi connectivity index (χ0v) is 16.8. The molecule has 3 aromatic rings. The first-order chi connectivity index (χ1) is 13.5. The van der Waals surface area contributed by atoms with Crippen LogP contribution in [0.2, 0.25) is 0 Å². The van der Waals surface area contributed by atoms with Crippen LogP contribution in [0.15, 0.2) is 53.1 Å². The minimum atomic E-state index is -0.260. The second-order valence-electron chi connectivity index (χ2n) is 7.05. The zero-order valence-electron chi connectivity index (χ0n) is 16.8. The molecule has 0 bridgehead atoms. The molecule has 148 valence electrons. The van der Waals surface area contributed by atoms with E-state index in [1.54, 1.807) is 18.3 Å². The summed E-state index contributed by atoms with van der Waals surface area (Å²) < 4.78 is 13.3. The van der Waals surface area contributed by atoms with Crippen molar-refractivity contribution in [1.82, 2.24) is 15.1 Å². The molecule has 1 unspecified atom stereocenters. The molecule has 0 aliphatic carbocycles. The van der Waals surface area contributed by atoms with Gasteiger partial charge in [-0.1, -0.05) is 26.0 Å². The molecule has 0 saturated carbocycles. The third-order valence-corrected chi connectivity index (χ3v) is 4.65.